The van der Waals surface area contributed by atoms with Gasteiger partial charge in [-0.15, -0.1) is 0 Å². The van der Waals surface area contributed by atoms with E-state index in [2.05, 4.69) is 15.3 Å². The second-order valence-electron chi connectivity index (χ2n) is 6.72. The number of H-pyrrole nitrogens is 1. The van der Waals surface area contributed by atoms with Gasteiger partial charge in [0.2, 0.25) is 6.79 Å². The van der Waals surface area contributed by atoms with Crippen LogP contribution in [0.4, 0.5) is 5.69 Å². The first kappa shape index (κ1) is 19.4. The molecule has 0 unspecified atom stereocenters. The number of para-hydroxylation sites is 1. The molecule has 1 aliphatic heterocycles. The number of aromatic nitrogens is 2. The van der Waals surface area contributed by atoms with E-state index in [0.29, 0.717) is 33.9 Å². The van der Waals surface area contributed by atoms with Crippen molar-refractivity contribution in [3.05, 3.63) is 58.6 Å². The average molecular weight is 409 g/mol. The van der Waals surface area contributed by atoms with Crippen LogP contribution in [0, 0.1) is 0 Å². The van der Waals surface area contributed by atoms with Crippen LogP contribution in [-0.2, 0) is 20.7 Å². The van der Waals surface area contributed by atoms with Crippen LogP contribution in [0.5, 0.6) is 11.5 Å². The minimum absolute atomic E-state index is 0.0249. The summed E-state index contributed by atoms with van der Waals surface area (Å²) >= 11 is 0. The Bertz CT molecular complexity index is 1170. The van der Waals surface area contributed by atoms with Crippen molar-refractivity contribution in [3.63, 3.8) is 0 Å². The third-order valence-corrected chi connectivity index (χ3v) is 4.55. The van der Waals surface area contributed by atoms with Crippen molar-refractivity contribution in [2.45, 2.75) is 25.9 Å². The smallest absolute Gasteiger partial charge is 0.307 e. The molecule has 0 saturated heterocycles. The fourth-order valence-corrected chi connectivity index (χ4v) is 3.00. The first-order valence-corrected chi connectivity index (χ1v) is 9.37. The fourth-order valence-electron chi connectivity index (χ4n) is 3.00. The molecule has 2 aromatic carbocycles. The Kier molecular flexibility index (Phi) is 5.34. The van der Waals surface area contributed by atoms with Gasteiger partial charge in [0.05, 0.1) is 17.3 Å². The van der Waals surface area contributed by atoms with Crippen molar-refractivity contribution in [1.82, 2.24) is 9.97 Å². The van der Waals surface area contributed by atoms with Crippen molar-refractivity contribution in [1.29, 1.82) is 0 Å². The molecule has 1 amide bonds. The second kappa shape index (κ2) is 8.24. The van der Waals surface area contributed by atoms with E-state index >= 15 is 0 Å². The van der Waals surface area contributed by atoms with Gasteiger partial charge in [0, 0.05) is 18.2 Å². The molecule has 1 atom stereocenters. The number of ether oxygens (including phenoxy) is 3. The van der Waals surface area contributed by atoms with Gasteiger partial charge in [-0.1, -0.05) is 12.1 Å². The number of anilines is 1. The molecule has 0 spiro atoms. The van der Waals surface area contributed by atoms with Crippen LogP contribution < -0.4 is 20.3 Å². The van der Waals surface area contributed by atoms with Gasteiger partial charge in [0.25, 0.3) is 11.5 Å². The van der Waals surface area contributed by atoms with Gasteiger partial charge in [-0.2, -0.15) is 0 Å². The molecule has 0 bridgehead atoms. The quantitative estimate of drug-likeness (QED) is 0.599. The molecular weight excluding hydrogens is 390 g/mol. The van der Waals surface area contributed by atoms with E-state index in [4.69, 9.17) is 14.2 Å². The van der Waals surface area contributed by atoms with Gasteiger partial charge in [-0.05, 0) is 31.2 Å². The molecule has 30 heavy (non-hydrogen) atoms. The Morgan fingerprint density at radius 1 is 1.20 bits per heavy atom. The lowest BCUT2D eigenvalue weighted by Gasteiger charge is -2.13. The number of fused-ring (bicyclic) bond motifs is 2. The molecule has 4 rings (SSSR count). The molecule has 2 N–H and O–H groups in total. The summed E-state index contributed by atoms with van der Waals surface area (Å²) in [7, 11) is 0. The molecular formula is C21H19N3O6. The summed E-state index contributed by atoms with van der Waals surface area (Å²) in [4.78, 5) is 43.5. The Morgan fingerprint density at radius 3 is 2.87 bits per heavy atom. The number of carbonyl (C=O) groups excluding carboxylic acids is 2. The van der Waals surface area contributed by atoms with E-state index in [1.807, 2.05) is 0 Å². The number of aromatic amines is 1. The molecule has 0 radical (unpaired) electrons. The molecule has 9 nitrogen and oxygen atoms in total. The van der Waals surface area contributed by atoms with Gasteiger partial charge in [-0.3, -0.25) is 14.4 Å². The maximum absolute atomic E-state index is 12.3. The van der Waals surface area contributed by atoms with Gasteiger partial charge >= 0.3 is 5.97 Å². The molecule has 0 fully saturated rings. The van der Waals surface area contributed by atoms with Crippen molar-refractivity contribution >= 4 is 28.5 Å². The summed E-state index contributed by atoms with van der Waals surface area (Å²) in [6.45, 7) is 1.62. The molecule has 1 aromatic heterocycles. The van der Waals surface area contributed by atoms with Crippen LogP contribution in [-0.4, -0.2) is 34.7 Å². The number of nitrogens with zero attached hydrogens (tertiary/aromatic N) is 1. The molecule has 0 saturated carbocycles. The number of hydrogen-bond donors (Lipinski definition) is 2. The van der Waals surface area contributed by atoms with E-state index in [9.17, 15) is 14.4 Å². The van der Waals surface area contributed by atoms with Crippen molar-refractivity contribution in [3.8, 4) is 11.5 Å². The standard InChI is InChI=1S/C21H19N3O6/c1-12(20(26)22-13-6-7-16-17(10-13)29-11-28-16)30-19(25)9-8-18-23-15-5-3-2-4-14(15)21(27)24-18/h2-7,10,12H,8-9,11H2,1H3,(H,22,26)(H,23,24,27)/t12-/m0/s1. The number of esters is 1. The van der Waals surface area contributed by atoms with E-state index in [0.717, 1.165) is 0 Å². The third-order valence-electron chi connectivity index (χ3n) is 4.55. The Morgan fingerprint density at radius 2 is 2.00 bits per heavy atom. The number of benzene rings is 2. The van der Waals surface area contributed by atoms with E-state index < -0.39 is 18.0 Å². The largest absolute Gasteiger partial charge is 0.454 e. The number of carbonyl (C=O) groups is 2. The van der Waals surface area contributed by atoms with Crippen LogP contribution >= 0.6 is 0 Å². The first-order chi connectivity index (χ1) is 14.5. The monoisotopic (exact) mass is 409 g/mol. The van der Waals surface area contributed by atoms with Crippen molar-refractivity contribution in [2.24, 2.45) is 0 Å². The zero-order valence-electron chi connectivity index (χ0n) is 16.1. The lowest BCUT2D eigenvalue weighted by atomic mass is 10.2. The van der Waals surface area contributed by atoms with Gasteiger partial charge in [0.15, 0.2) is 17.6 Å². The summed E-state index contributed by atoms with van der Waals surface area (Å²) in [5.41, 5.74) is 0.798. The summed E-state index contributed by atoms with van der Waals surface area (Å²) < 4.78 is 15.7. The molecule has 1 aliphatic rings. The highest BCUT2D eigenvalue weighted by Gasteiger charge is 2.20. The fraction of sp³-hybridized carbons (Fsp3) is 0.238. The van der Waals surface area contributed by atoms with Crippen molar-refractivity contribution in [2.75, 3.05) is 12.1 Å². The van der Waals surface area contributed by atoms with Crippen LogP contribution in [0.1, 0.15) is 19.2 Å². The van der Waals surface area contributed by atoms with E-state index in [-0.39, 0.29) is 25.2 Å². The number of nitrogens with one attached hydrogen (secondary N) is 2. The van der Waals surface area contributed by atoms with Gasteiger partial charge in [-0.25, -0.2) is 4.98 Å². The predicted molar refractivity (Wildman–Crippen MR) is 107 cm³/mol. The SMILES string of the molecule is C[C@H](OC(=O)CCc1nc2ccccc2c(=O)[nH]1)C(=O)Nc1ccc2c(c1)OCO2. The minimum atomic E-state index is -0.994. The predicted octanol–water partition coefficient (Wildman–Crippen LogP) is 2.15. The number of amides is 1. The highest BCUT2D eigenvalue weighted by molar-refractivity contribution is 5.95. The zero-order valence-corrected chi connectivity index (χ0v) is 16.1. The highest BCUT2D eigenvalue weighted by atomic mass is 16.7. The van der Waals surface area contributed by atoms with Crippen molar-refractivity contribution < 1.29 is 23.8 Å². The summed E-state index contributed by atoms with van der Waals surface area (Å²) in [6.07, 6.45) is -0.829. The summed E-state index contributed by atoms with van der Waals surface area (Å²) in [6, 6.07) is 11.9. The zero-order chi connectivity index (χ0) is 21.1. The van der Waals surface area contributed by atoms with Crippen LogP contribution in [0.25, 0.3) is 10.9 Å². The van der Waals surface area contributed by atoms with Crippen LogP contribution in [0.2, 0.25) is 0 Å². The number of aryl methyl sites for hydroxylation is 1. The maximum atomic E-state index is 12.3. The normalized spacial score (nSPS) is 13.1. The van der Waals surface area contributed by atoms with Crippen LogP contribution in [0.15, 0.2) is 47.3 Å². The maximum Gasteiger partial charge on any atom is 0.307 e. The Balaban J connectivity index is 1.31. The number of hydrogen-bond acceptors (Lipinski definition) is 7. The summed E-state index contributed by atoms with van der Waals surface area (Å²) in [5, 5.41) is 3.15. The first-order valence-electron chi connectivity index (χ1n) is 9.37. The van der Waals surface area contributed by atoms with Gasteiger partial charge in [0.1, 0.15) is 5.82 Å². The third kappa shape index (κ3) is 4.24. The topological polar surface area (TPSA) is 120 Å². The van der Waals surface area contributed by atoms with Gasteiger partial charge < -0.3 is 24.5 Å². The molecule has 0 aliphatic carbocycles. The Hall–Kier alpha value is -3.88. The molecule has 3 aromatic rings. The summed E-state index contributed by atoms with van der Waals surface area (Å²) in [5.74, 6) is 0.480. The van der Waals surface area contributed by atoms with Crippen LogP contribution in [0.3, 0.4) is 0 Å². The lowest BCUT2D eigenvalue weighted by Crippen LogP contribution is -2.30. The number of rotatable bonds is 6. The second-order valence-corrected chi connectivity index (χ2v) is 6.72. The Labute approximate surface area is 171 Å². The molecule has 154 valence electrons. The molecule has 2 heterocycles. The highest BCUT2D eigenvalue weighted by Crippen LogP contribution is 2.34. The lowest BCUT2D eigenvalue weighted by molar-refractivity contribution is -0.153. The van der Waals surface area contributed by atoms with E-state index in [1.165, 1.54) is 6.92 Å². The molecule has 9 heteroatoms. The average Bonchev–Trinajstić information content (AvgIpc) is 3.20. The minimum Gasteiger partial charge on any atom is -0.454 e. The van der Waals surface area contributed by atoms with E-state index in [1.54, 1.807) is 42.5 Å².